The van der Waals surface area contributed by atoms with Gasteiger partial charge in [-0.15, -0.1) is 0 Å². The fourth-order valence-corrected chi connectivity index (χ4v) is 2.78. The van der Waals surface area contributed by atoms with Crippen LogP contribution in [0.4, 0.5) is 4.39 Å². The van der Waals surface area contributed by atoms with Crippen molar-refractivity contribution < 1.29 is 9.18 Å². The summed E-state index contributed by atoms with van der Waals surface area (Å²) < 4.78 is 14.0. The van der Waals surface area contributed by atoms with Crippen molar-refractivity contribution in [2.75, 3.05) is 32.7 Å². The number of hydrogen-bond donors (Lipinski definition) is 0. The lowest BCUT2D eigenvalue weighted by Gasteiger charge is -2.34. The van der Waals surface area contributed by atoms with Crippen LogP contribution in [0.15, 0.2) is 18.2 Å². The van der Waals surface area contributed by atoms with Crippen molar-refractivity contribution in [1.29, 1.82) is 0 Å². The topological polar surface area (TPSA) is 23.6 Å². The van der Waals surface area contributed by atoms with Crippen molar-refractivity contribution >= 4 is 5.91 Å². The molecule has 3 nitrogen and oxygen atoms in total. The average molecular weight is 276 g/mol. The van der Waals surface area contributed by atoms with E-state index in [9.17, 15) is 9.18 Å². The largest absolute Gasteiger partial charge is 0.336 e. The first-order valence-corrected chi connectivity index (χ1v) is 7.42. The molecule has 0 aromatic heterocycles. The molecule has 1 aliphatic carbocycles. The number of hydrogen-bond acceptors (Lipinski definition) is 2. The Balaban J connectivity index is 1.62. The lowest BCUT2D eigenvalue weighted by molar-refractivity contribution is 0.0627. The van der Waals surface area contributed by atoms with E-state index in [2.05, 4.69) is 4.90 Å². The number of nitrogens with zero attached hydrogens (tertiary/aromatic N) is 2. The zero-order chi connectivity index (χ0) is 14.1. The summed E-state index contributed by atoms with van der Waals surface area (Å²) in [6, 6.07) is 5.02. The van der Waals surface area contributed by atoms with E-state index >= 15 is 0 Å². The van der Waals surface area contributed by atoms with Crippen LogP contribution in [0.25, 0.3) is 0 Å². The van der Waals surface area contributed by atoms with Crippen LogP contribution in [0.5, 0.6) is 0 Å². The van der Waals surface area contributed by atoms with Gasteiger partial charge in [-0.05, 0) is 37.3 Å². The molecular weight excluding hydrogens is 255 g/mol. The van der Waals surface area contributed by atoms with E-state index in [0.717, 1.165) is 19.0 Å². The Bertz CT molecular complexity index is 505. The zero-order valence-electron chi connectivity index (χ0n) is 11.9. The minimum atomic E-state index is -0.377. The van der Waals surface area contributed by atoms with Gasteiger partial charge in [-0.1, -0.05) is 12.1 Å². The molecule has 2 aliphatic rings. The number of carbonyl (C=O) groups excluding carboxylic acids is 1. The van der Waals surface area contributed by atoms with E-state index in [1.165, 1.54) is 19.4 Å². The fourth-order valence-electron chi connectivity index (χ4n) is 2.78. The lowest BCUT2D eigenvalue weighted by Crippen LogP contribution is -2.49. The Morgan fingerprint density at radius 2 is 1.95 bits per heavy atom. The third kappa shape index (κ3) is 2.85. The third-order valence-corrected chi connectivity index (χ3v) is 4.30. The van der Waals surface area contributed by atoms with Crippen LogP contribution < -0.4 is 0 Å². The molecule has 0 N–H and O–H groups in total. The van der Waals surface area contributed by atoms with Gasteiger partial charge in [0.15, 0.2) is 0 Å². The van der Waals surface area contributed by atoms with Gasteiger partial charge >= 0.3 is 0 Å². The van der Waals surface area contributed by atoms with Gasteiger partial charge in [0.2, 0.25) is 0 Å². The molecule has 0 radical (unpaired) electrons. The number of rotatable bonds is 3. The highest BCUT2D eigenvalue weighted by atomic mass is 19.1. The third-order valence-electron chi connectivity index (χ3n) is 4.30. The van der Waals surface area contributed by atoms with Crippen molar-refractivity contribution in [1.82, 2.24) is 9.80 Å². The van der Waals surface area contributed by atoms with Gasteiger partial charge in [-0.2, -0.15) is 0 Å². The molecule has 20 heavy (non-hydrogen) atoms. The van der Waals surface area contributed by atoms with Gasteiger partial charge in [0.25, 0.3) is 5.91 Å². The molecule has 1 aromatic rings. The number of amides is 1. The van der Waals surface area contributed by atoms with Crippen LogP contribution >= 0.6 is 0 Å². The molecule has 1 aromatic carbocycles. The van der Waals surface area contributed by atoms with Gasteiger partial charge in [-0.25, -0.2) is 4.39 Å². The van der Waals surface area contributed by atoms with Crippen molar-refractivity contribution in [2.24, 2.45) is 5.92 Å². The second-order valence-electron chi connectivity index (χ2n) is 5.97. The molecule has 1 amide bonds. The Hall–Kier alpha value is -1.42. The van der Waals surface area contributed by atoms with Crippen LogP contribution in [-0.4, -0.2) is 48.4 Å². The quantitative estimate of drug-likeness (QED) is 0.846. The van der Waals surface area contributed by atoms with E-state index in [1.807, 2.05) is 0 Å². The molecule has 1 heterocycles. The van der Waals surface area contributed by atoms with Crippen molar-refractivity contribution in [3.63, 3.8) is 0 Å². The first kappa shape index (κ1) is 13.6. The summed E-state index contributed by atoms with van der Waals surface area (Å²) in [5.74, 6) is 0.335. The van der Waals surface area contributed by atoms with E-state index < -0.39 is 0 Å². The second kappa shape index (κ2) is 5.52. The first-order chi connectivity index (χ1) is 9.65. The van der Waals surface area contributed by atoms with Gasteiger partial charge in [0.1, 0.15) is 5.82 Å². The predicted molar refractivity (Wildman–Crippen MR) is 76.2 cm³/mol. The van der Waals surface area contributed by atoms with Gasteiger partial charge < -0.3 is 4.90 Å². The Labute approximate surface area is 119 Å². The molecule has 1 saturated carbocycles. The summed E-state index contributed by atoms with van der Waals surface area (Å²) in [4.78, 5) is 16.6. The first-order valence-electron chi connectivity index (χ1n) is 7.42. The average Bonchev–Trinajstić information content (AvgIpc) is 3.26. The molecule has 2 fully saturated rings. The zero-order valence-corrected chi connectivity index (χ0v) is 11.9. The number of halogens is 1. The summed E-state index contributed by atoms with van der Waals surface area (Å²) in [5.41, 5.74) is 0.740. The van der Waals surface area contributed by atoms with Crippen LogP contribution in [0.3, 0.4) is 0 Å². The number of carbonyl (C=O) groups is 1. The molecule has 1 saturated heterocycles. The maximum Gasteiger partial charge on any atom is 0.256 e. The summed E-state index contributed by atoms with van der Waals surface area (Å²) in [7, 11) is 0. The molecule has 0 unspecified atom stereocenters. The minimum absolute atomic E-state index is 0.169. The van der Waals surface area contributed by atoms with Crippen molar-refractivity contribution in [3.05, 3.63) is 35.1 Å². The summed E-state index contributed by atoms with van der Waals surface area (Å²) >= 11 is 0. The highest BCUT2D eigenvalue weighted by molar-refractivity contribution is 5.94. The minimum Gasteiger partial charge on any atom is -0.336 e. The van der Waals surface area contributed by atoms with Crippen molar-refractivity contribution in [2.45, 2.75) is 19.8 Å². The molecular formula is C16H21FN2O. The predicted octanol–water partition coefficient (Wildman–Crippen LogP) is 2.30. The van der Waals surface area contributed by atoms with Gasteiger partial charge in [0.05, 0.1) is 5.56 Å². The van der Waals surface area contributed by atoms with Crippen LogP contribution in [-0.2, 0) is 0 Å². The molecule has 0 spiro atoms. The maximum absolute atomic E-state index is 14.0. The monoisotopic (exact) mass is 276 g/mol. The Morgan fingerprint density at radius 3 is 2.60 bits per heavy atom. The summed E-state index contributed by atoms with van der Waals surface area (Å²) in [5, 5.41) is 0. The fraction of sp³-hybridized carbons (Fsp3) is 0.562. The number of benzene rings is 1. The Kier molecular flexibility index (Phi) is 3.74. The SMILES string of the molecule is Cc1cccc(C(=O)N2CCN(CC3CC3)CC2)c1F. The van der Waals surface area contributed by atoms with Crippen molar-refractivity contribution in [3.8, 4) is 0 Å². The van der Waals surface area contributed by atoms with Crippen LogP contribution in [0.1, 0.15) is 28.8 Å². The summed E-state index contributed by atoms with van der Waals surface area (Å²) in [6.45, 7) is 6.10. The lowest BCUT2D eigenvalue weighted by atomic mass is 10.1. The smallest absolute Gasteiger partial charge is 0.256 e. The molecule has 0 bridgehead atoms. The molecule has 1 aliphatic heterocycles. The van der Waals surface area contributed by atoms with E-state index in [1.54, 1.807) is 30.0 Å². The second-order valence-corrected chi connectivity index (χ2v) is 5.97. The maximum atomic E-state index is 14.0. The standard InChI is InChI=1S/C16H21FN2O/c1-12-3-2-4-14(15(12)17)16(20)19-9-7-18(8-10-19)11-13-5-6-13/h2-4,13H,5-11H2,1H3. The van der Waals surface area contributed by atoms with Gasteiger partial charge in [-0.3, -0.25) is 9.69 Å². The molecule has 4 heteroatoms. The highest BCUT2D eigenvalue weighted by Gasteiger charge is 2.28. The highest BCUT2D eigenvalue weighted by Crippen LogP contribution is 2.30. The normalized spacial score (nSPS) is 20.2. The summed E-state index contributed by atoms with van der Waals surface area (Å²) in [6.07, 6.45) is 2.71. The van der Waals surface area contributed by atoms with E-state index in [-0.39, 0.29) is 17.3 Å². The molecule has 108 valence electrons. The van der Waals surface area contributed by atoms with Crippen LogP contribution in [0, 0.1) is 18.7 Å². The molecule has 3 rings (SSSR count). The Morgan fingerprint density at radius 1 is 1.25 bits per heavy atom. The molecule has 0 atom stereocenters. The van der Waals surface area contributed by atoms with E-state index in [4.69, 9.17) is 0 Å². The van der Waals surface area contributed by atoms with Crippen LogP contribution in [0.2, 0.25) is 0 Å². The number of piperazine rings is 1. The van der Waals surface area contributed by atoms with Gasteiger partial charge in [0, 0.05) is 32.7 Å². The number of aryl methyl sites for hydroxylation is 1. The van der Waals surface area contributed by atoms with E-state index in [0.29, 0.717) is 18.7 Å².